The van der Waals surface area contributed by atoms with Crippen LogP contribution < -0.4 is 10.1 Å². The quantitative estimate of drug-likeness (QED) is 0.558. The number of carbonyl (C=O) groups is 2. The first-order valence-electron chi connectivity index (χ1n) is 12.5. The van der Waals surface area contributed by atoms with Crippen molar-refractivity contribution in [2.45, 2.75) is 90.8 Å². The van der Waals surface area contributed by atoms with Crippen LogP contribution in [0, 0.1) is 6.92 Å². The second-order valence-electron chi connectivity index (χ2n) is 10.6. The van der Waals surface area contributed by atoms with E-state index in [9.17, 15) is 9.59 Å². The number of nitrogens with one attached hydrogen (secondary N) is 1. The second-order valence-corrected chi connectivity index (χ2v) is 10.6. The van der Waals surface area contributed by atoms with Crippen LogP contribution in [0.5, 0.6) is 5.75 Å². The Kier molecular flexibility index (Phi) is 8.76. The van der Waals surface area contributed by atoms with E-state index in [2.05, 4.69) is 26.1 Å². The van der Waals surface area contributed by atoms with E-state index < -0.39 is 6.04 Å². The maximum atomic E-state index is 13.3. The van der Waals surface area contributed by atoms with Gasteiger partial charge in [-0.05, 0) is 55.4 Å². The summed E-state index contributed by atoms with van der Waals surface area (Å²) in [5.41, 5.74) is 3.41. The highest BCUT2D eigenvalue weighted by Crippen LogP contribution is 2.24. The van der Waals surface area contributed by atoms with Crippen molar-refractivity contribution < 1.29 is 14.3 Å². The third-order valence-electron chi connectivity index (χ3n) is 6.68. The molecule has 34 heavy (non-hydrogen) atoms. The third-order valence-corrected chi connectivity index (χ3v) is 6.68. The van der Waals surface area contributed by atoms with Crippen LogP contribution in [0.15, 0.2) is 48.5 Å². The van der Waals surface area contributed by atoms with Crippen molar-refractivity contribution in [2.24, 2.45) is 0 Å². The summed E-state index contributed by atoms with van der Waals surface area (Å²) in [7, 11) is 0. The summed E-state index contributed by atoms with van der Waals surface area (Å²) >= 11 is 0. The zero-order valence-corrected chi connectivity index (χ0v) is 21.4. The number of rotatable bonds is 8. The highest BCUT2D eigenvalue weighted by atomic mass is 16.5. The smallest absolute Gasteiger partial charge is 0.261 e. The summed E-state index contributed by atoms with van der Waals surface area (Å²) in [4.78, 5) is 28.0. The number of carbonyl (C=O) groups excluding carboxylic acids is 2. The summed E-state index contributed by atoms with van der Waals surface area (Å²) in [6, 6.07) is 15.6. The van der Waals surface area contributed by atoms with Gasteiger partial charge in [-0.2, -0.15) is 0 Å². The Morgan fingerprint density at radius 1 is 1.00 bits per heavy atom. The molecular weight excluding hydrogens is 424 g/mol. The number of hydrogen-bond donors (Lipinski definition) is 1. The van der Waals surface area contributed by atoms with E-state index in [0.717, 1.165) is 36.8 Å². The number of amides is 2. The maximum absolute atomic E-state index is 13.3. The first-order chi connectivity index (χ1) is 16.1. The van der Waals surface area contributed by atoms with Crippen molar-refractivity contribution >= 4 is 11.8 Å². The van der Waals surface area contributed by atoms with Gasteiger partial charge in [0.2, 0.25) is 5.91 Å². The molecule has 1 atom stereocenters. The van der Waals surface area contributed by atoms with Crippen LogP contribution in [-0.4, -0.2) is 35.4 Å². The van der Waals surface area contributed by atoms with Gasteiger partial charge in [0.1, 0.15) is 11.8 Å². The topological polar surface area (TPSA) is 58.6 Å². The Bertz CT molecular complexity index is 939. The minimum Gasteiger partial charge on any atom is -0.484 e. The van der Waals surface area contributed by atoms with Gasteiger partial charge < -0.3 is 15.0 Å². The zero-order valence-electron chi connectivity index (χ0n) is 21.4. The standard InChI is InChI=1S/C29H40N2O3/c1-21-11-13-23(14-12-21)19-31(22(2)28(33)30-25-9-7-6-8-10-25)27(32)20-34-26-17-15-24(16-18-26)29(3,4)5/h11-18,22,25H,6-10,19-20H2,1-5H3,(H,30,33)/t22-/m1/s1. The molecule has 0 bridgehead atoms. The normalized spacial score (nSPS) is 15.4. The molecule has 1 aliphatic carbocycles. The van der Waals surface area contributed by atoms with Gasteiger partial charge in [0.05, 0.1) is 0 Å². The monoisotopic (exact) mass is 464 g/mol. The SMILES string of the molecule is Cc1ccc(CN(C(=O)COc2ccc(C(C)(C)C)cc2)[C@H](C)C(=O)NC2CCCCC2)cc1. The van der Waals surface area contributed by atoms with Crippen LogP contribution in [0.4, 0.5) is 0 Å². The van der Waals surface area contributed by atoms with Gasteiger partial charge in [-0.3, -0.25) is 9.59 Å². The van der Waals surface area contributed by atoms with E-state index in [1.54, 1.807) is 4.90 Å². The van der Waals surface area contributed by atoms with Gasteiger partial charge in [-0.25, -0.2) is 0 Å². The largest absolute Gasteiger partial charge is 0.484 e. The molecule has 0 heterocycles. The van der Waals surface area contributed by atoms with Crippen LogP contribution in [0.2, 0.25) is 0 Å². The fraction of sp³-hybridized carbons (Fsp3) is 0.517. The van der Waals surface area contributed by atoms with Crippen molar-refractivity contribution in [3.8, 4) is 5.75 Å². The van der Waals surface area contributed by atoms with Crippen molar-refractivity contribution in [2.75, 3.05) is 6.61 Å². The molecule has 0 aromatic heterocycles. The highest BCUT2D eigenvalue weighted by Gasteiger charge is 2.28. The Hall–Kier alpha value is -2.82. The zero-order chi connectivity index (χ0) is 24.7. The van der Waals surface area contributed by atoms with Gasteiger partial charge in [0, 0.05) is 12.6 Å². The lowest BCUT2D eigenvalue weighted by atomic mass is 9.87. The van der Waals surface area contributed by atoms with Gasteiger partial charge >= 0.3 is 0 Å². The third kappa shape index (κ3) is 7.34. The lowest BCUT2D eigenvalue weighted by Gasteiger charge is -2.31. The van der Waals surface area contributed by atoms with E-state index in [1.165, 1.54) is 12.0 Å². The summed E-state index contributed by atoms with van der Waals surface area (Å²) in [6.45, 7) is 10.6. The Labute approximate surface area is 204 Å². The molecule has 0 saturated heterocycles. The molecule has 0 radical (unpaired) electrons. The molecule has 5 nitrogen and oxygen atoms in total. The molecular formula is C29H40N2O3. The lowest BCUT2D eigenvalue weighted by molar-refractivity contribution is -0.142. The summed E-state index contributed by atoms with van der Waals surface area (Å²) < 4.78 is 5.83. The van der Waals surface area contributed by atoms with Crippen molar-refractivity contribution in [3.05, 3.63) is 65.2 Å². The fourth-order valence-electron chi connectivity index (χ4n) is 4.32. The number of nitrogens with zero attached hydrogens (tertiary/aromatic N) is 1. The van der Waals surface area contributed by atoms with Gasteiger partial charge in [0.15, 0.2) is 6.61 Å². The summed E-state index contributed by atoms with van der Waals surface area (Å²) in [5, 5.41) is 3.17. The van der Waals surface area contributed by atoms with Gasteiger partial charge in [-0.15, -0.1) is 0 Å². The minimum atomic E-state index is -0.581. The number of benzene rings is 2. The minimum absolute atomic E-state index is 0.0559. The van der Waals surface area contributed by atoms with E-state index >= 15 is 0 Å². The van der Waals surface area contributed by atoms with Crippen LogP contribution in [-0.2, 0) is 21.5 Å². The van der Waals surface area contributed by atoms with E-state index in [0.29, 0.717) is 12.3 Å². The van der Waals surface area contributed by atoms with Crippen molar-refractivity contribution in [1.82, 2.24) is 10.2 Å². The molecule has 3 rings (SSSR count). The van der Waals surface area contributed by atoms with Crippen LogP contribution in [0.1, 0.15) is 76.5 Å². The van der Waals surface area contributed by atoms with Gasteiger partial charge in [0.25, 0.3) is 5.91 Å². The summed E-state index contributed by atoms with van der Waals surface area (Å²) in [6.07, 6.45) is 5.55. The second kappa shape index (κ2) is 11.5. The average molecular weight is 465 g/mol. The summed E-state index contributed by atoms with van der Waals surface area (Å²) in [5.74, 6) is 0.351. The molecule has 2 aromatic rings. The van der Waals surface area contributed by atoms with Crippen molar-refractivity contribution in [1.29, 1.82) is 0 Å². The number of ether oxygens (including phenoxy) is 1. The molecule has 0 aliphatic heterocycles. The molecule has 2 aromatic carbocycles. The molecule has 1 fully saturated rings. The number of hydrogen-bond acceptors (Lipinski definition) is 3. The Morgan fingerprint density at radius 2 is 1.62 bits per heavy atom. The molecule has 184 valence electrons. The number of aryl methyl sites for hydroxylation is 1. The van der Waals surface area contributed by atoms with Gasteiger partial charge in [-0.1, -0.05) is 82.0 Å². The molecule has 1 aliphatic rings. The molecule has 5 heteroatoms. The molecule has 1 saturated carbocycles. The predicted molar refractivity (Wildman–Crippen MR) is 137 cm³/mol. The molecule has 0 unspecified atom stereocenters. The first kappa shape index (κ1) is 25.8. The molecule has 1 N–H and O–H groups in total. The Balaban J connectivity index is 1.69. The molecule has 2 amide bonds. The van der Waals surface area contributed by atoms with E-state index in [-0.39, 0.29) is 29.9 Å². The van der Waals surface area contributed by atoms with Crippen LogP contribution >= 0.6 is 0 Å². The maximum Gasteiger partial charge on any atom is 0.261 e. The molecule has 0 spiro atoms. The predicted octanol–water partition coefficient (Wildman–Crippen LogP) is 5.54. The first-order valence-corrected chi connectivity index (χ1v) is 12.5. The van der Waals surface area contributed by atoms with Crippen LogP contribution in [0.3, 0.4) is 0 Å². The fourth-order valence-corrected chi connectivity index (χ4v) is 4.32. The highest BCUT2D eigenvalue weighted by molar-refractivity contribution is 5.88. The van der Waals surface area contributed by atoms with Crippen molar-refractivity contribution in [3.63, 3.8) is 0 Å². The average Bonchev–Trinajstić information content (AvgIpc) is 2.82. The van der Waals surface area contributed by atoms with Crippen LogP contribution in [0.25, 0.3) is 0 Å². The van der Waals surface area contributed by atoms with E-state index in [1.807, 2.05) is 62.4 Å². The Morgan fingerprint density at radius 3 is 2.21 bits per heavy atom. The lowest BCUT2D eigenvalue weighted by Crippen LogP contribution is -2.51. The van der Waals surface area contributed by atoms with E-state index in [4.69, 9.17) is 4.74 Å².